The van der Waals surface area contributed by atoms with E-state index in [-0.39, 0.29) is 18.3 Å². The average Bonchev–Trinajstić information content (AvgIpc) is 3.96. The van der Waals surface area contributed by atoms with E-state index in [2.05, 4.69) is 110 Å². The van der Waals surface area contributed by atoms with Crippen molar-refractivity contribution in [3.63, 3.8) is 0 Å². The third-order valence-electron chi connectivity index (χ3n) is 10.5. The number of nitrogen functional groups attached to an aromatic ring is 2. The number of hydrogen-bond donors (Lipinski definition) is 2. The molecular weight excluding hydrogens is 1110 g/mol. The van der Waals surface area contributed by atoms with Crippen LogP contribution in [0.4, 0.5) is 11.4 Å². The normalized spacial score (nSPS) is 13.3. The summed E-state index contributed by atoms with van der Waals surface area (Å²) < 4.78 is 35.3. The first-order valence-electron chi connectivity index (χ1n) is 20.0. The maximum Gasteiger partial charge on any atom is 0.500 e. The summed E-state index contributed by atoms with van der Waals surface area (Å²) in [6, 6.07) is 11.6. The summed E-state index contributed by atoms with van der Waals surface area (Å²) in [4.78, 5) is 26.3. The van der Waals surface area contributed by atoms with E-state index in [9.17, 15) is 0 Å². The number of carbonyl (C=O) groups excluding carboxylic acids is 1. The van der Waals surface area contributed by atoms with Crippen molar-refractivity contribution in [2.75, 3.05) is 18.6 Å². The van der Waals surface area contributed by atoms with Gasteiger partial charge in [0.1, 0.15) is 22.8 Å². The quantitative estimate of drug-likeness (QED) is 0.0949. The highest BCUT2D eigenvalue weighted by molar-refractivity contribution is 9.11. The molecule has 1 saturated heterocycles. The summed E-state index contributed by atoms with van der Waals surface area (Å²) in [5, 5.41) is 12.1. The molecule has 0 saturated carbocycles. The number of rotatable bonds is 4. The SMILES string of the molecule is Brc1cc(Br)c2nccnc2c1.COC=O.Cc1noc(C)c1-c1cc(-c2c(C)noc2C)c2nccnc2c1.Cc1noc(C)c1B1OC(C)(C)C(C)(C)O1.Nc1cc(Br)cc(Br)c1N. The van der Waals surface area contributed by atoms with Crippen molar-refractivity contribution in [2.24, 2.45) is 0 Å². The predicted octanol–water partition coefficient (Wildman–Crippen LogP) is 11.1. The molecule has 21 heteroatoms. The number of fused-ring (bicyclic) bond motifs is 2. The molecule has 6 heterocycles. The number of nitrogens with two attached hydrogens (primary N) is 2. The second kappa shape index (κ2) is 22.2. The minimum Gasteiger partial charge on any atom is -0.471 e. The Morgan fingerprint density at radius 1 is 0.606 bits per heavy atom. The molecule has 1 aliphatic rings. The molecule has 0 unspecified atom stereocenters. The first-order valence-corrected chi connectivity index (χ1v) is 23.2. The molecule has 1 aliphatic heterocycles. The van der Waals surface area contributed by atoms with Gasteiger partial charge in [-0.1, -0.05) is 47.3 Å². The van der Waals surface area contributed by atoms with Gasteiger partial charge in [0.05, 0.1) is 63.3 Å². The number of hydrogen-bond acceptors (Lipinski definition) is 16. The van der Waals surface area contributed by atoms with Crippen molar-refractivity contribution in [3.05, 3.63) is 113 Å². The monoisotopic (exact) mass is 1150 g/mol. The van der Waals surface area contributed by atoms with Gasteiger partial charge in [0, 0.05) is 64.8 Å². The zero-order valence-corrected chi connectivity index (χ0v) is 44.4. The minimum atomic E-state index is -0.378. The molecule has 0 aliphatic carbocycles. The van der Waals surface area contributed by atoms with Gasteiger partial charge in [0.15, 0.2) is 0 Å². The van der Waals surface area contributed by atoms with Gasteiger partial charge >= 0.3 is 7.12 Å². The van der Waals surface area contributed by atoms with Gasteiger partial charge < -0.3 is 39.1 Å². The lowest BCUT2D eigenvalue weighted by molar-refractivity contribution is -0.126. The van der Waals surface area contributed by atoms with Crippen LogP contribution in [0.3, 0.4) is 0 Å². The van der Waals surface area contributed by atoms with Crippen molar-refractivity contribution < 1.29 is 32.4 Å². The maximum atomic E-state index is 8.95. The summed E-state index contributed by atoms with van der Waals surface area (Å²) in [5.41, 5.74) is 22.3. The van der Waals surface area contributed by atoms with Crippen LogP contribution >= 0.6 is 63.7 Å². The Morgan fingerprint density at radius 2 is 1.08 bits per heavy atom. The largest absolute Gasteiger partial charge is 0.500 e. The van der Waals surface area contributed by atoms with Crippen LogP contribution in [0.2, 0.25) is 0 Å². The Hall–Kier alpha value is -5.06. The van der Waals surface area contributed by atoms with Crippen molar-refractivity contribution in [1.82, 2.24) is 35.4 Å². The molecule has 66 heavy (non-hydrogen) atoms. The highest BCUT2D eigenvalue weighted by atomic mass is 79.9. The standard InChI is InChI=1S/C18H16N4O2.C11H18BNO3.C8H4Br2N2.C6H6Br2N2.C2H4O2/c1-9-16(11(3)23-21-9)13-7-14(17-10(2)22-24-12(17)4)18-15(8-13)19-5-6-20-18;1-7-9(8(2)14-13-7)12-15-10(3,4)11(5,6)16-12;9-5-3-6(10)8-7(4-5)11-1-2-12-8;7-3-1-4(8)6(10)5(9)2-3;1-4-2-3/h5-8H,1-4H3;1-6H3;1-4H;1-2H,9-10H2;2H,1H3. The van der Waals surface area contributed by atoms with E-state index in [1.54, 1.807) is 30.9 Å². The van der Waals surface area contributed by atoms with Crippen LogP contribution in [0.5, 0.6) is 0 Å². The molecule has 5 aromatic heterocycles. The number of ether oxygens (including phenoxy) is 1. The fraction of sp³-hybridized carbons (Fsp3) is 0.289. The van der Waals surface area contributed by atoms with E-state index in [4.69, 9.17) is 39.1 Å². The zero-order chi connectivity index (χ0) is 48.7. The minimum absolute atomic E-state index is 0.326. The lowest BCUT2D eigenvalue weighted by Gasteiger charge is -2.32. The van der Waals surface area contributed by atoms with Crippen LogP contribution in [-0.2, 0) is 18.8 Å². The Bertz CT molecular complexity index is 2880. The van der Waals surface area contributed by atoms with Crippen molar-refractivity contribution in [1.29, 1.82) is 0 Å². The molecule has 0 bridgehead atoms. The number of methoxy groups -OCH3 is 1. The molecule has 0 amide bonds. The second-order valence-corrected chi connectivity index (χ2v) is 19.2. The predicted molar refractivity (Wildman–Crippen MR) is 270 cm³/mol. The second-order valence-electron chi connectivity index (χ2n) is 15.7. The number of carbonyl (C=O) groups is 1. The molecule has 0 spiro atoms. The van der Waals surface area contributed by atoms with E-state index in [1.165, 1.54) is 7.11 Å². The Kier molecular flexibility index (Phi) is 17.4. The van der Waals surface area contributed by atoms with E-state index < -0.39 is 0 Å². The van der Waals surface area contributed by atoms with Gasteiger partial charge in [-0.05, 0) is 143 Å². The van der Waals surface area contributed by atoms with Crippen LogP contribution in [-0.4, -0.2) is 67.3 Å². The fourth-order valence-electron chi connectivity index (χ4n) is 6.56. The summed E-state index contributed by atoms with van der Waals surface area (Å²) in [7, 11) is 0.934. The molecule has 0 atom stereocenters. The summed E-state index contributed by atoms with van der Waals surface area (Å²) in [5.74, 6) is 2.30. The Morgan fingerprint density at radius 3 is 1.58 bits per heavy atom. The van der Waals surface area contributed by atoms with Crippen LogP contribution in [0.1, 0.15) is 62.1 Å². The Labute approximate surface area is 416 Å². The third kappa shape index (κ3) is 12.1. The highest BCUT2D eigenvalue weighted by Crippen LogP contribution is 2.39. The van der Waals surface area contributed by atoms with Gasteiger partial charge in [-0.2, -0.15) is 0 Å². The number of aryl methyl sites for hydroxylation is 6. The van der Waals surface area contributed by atoms with Crippen molar-refractivity contribution >= 4 is 116 Å². The molecule has 1 fully saturated rings. The molecule has 9 rings (SSSR count). The van der Waals surface area contributed by atoms with Gasteiger partial charge in [-0.25, -0.2) is 0 Å². The lowest BCUT2D eigenvalue weighted by atomic mass is 9.77. The zero-order valence-electron chi connectivity index (χ0n) is 38.1. The average molecular weight is 1160 g/mol. The summed E-state index contributed by atoms with van der Waals surface area (Å²) in [6.45, 7) is 20.0. The molecular formula is C45H48BBr4N9O7. The van der Waals surface area contributed by atoms with Gasteiger partial charge in [-0.3, -0.25) is 24.7 Å². The summed E-state index contributed by atoms with van der Waals surface area (Å²) in [6.07, 6.45) is 6.75. The lowest BCUT2D eigenvalue weighted by Crippen LogP contribution is -2.41. The van der Waals surface area contributed by atoms with Crippen molar-refractivity contribution in [2.45, 2.75) is 80.4 Å². The molecule has 4 N–H and O–H groups in total. The molecule has 8 aromatic rings. The number of anilines is 2. The van der Waals surface area contributed by atoms with E-state index in [0.29, 0.717) is 17.8 Å². The first-order chi connectivity index (χ1) is 31.1. The first kappa shape index (κ1) is 51.9. The van der Waals surface area contributed by atoms with Crippen LogP contribution in [0, 0.1) is 41.5 Å². The fourth-order valence-corrected chi connectivity index (χ4v) is 9.13. The number of aromatic nitrogens is 7. The molecule has 0 radical (unpaired) electrons. The van der Waals surface area contributed by atoms with Crippen LogP contribution in [0.15, 0.2) is 92.6 Å². The third-order valence-corrected chi connectivity index (χ3v) is 12.7. The smallest absolute Gasteiger partial charge is 0.471 e. The number of nitrogens with zero attached hydrogens (tertiary/aromatic N) is 7. The van der Waals surface area contributed by atoms with Crippen LogP contribution in [0.25, 0.3) is 44.3 Å². The van der Waals surface area contributed by atoms with E-state index in [1.807, 2.05) is 93.5 Å². The number of benzene rings is 3. The molecule has 16 nitrogen and oxygen atoms in total. The topological polar surface area (TPSA) is 226 Å². The van der Waals surface area contributed by atoms with Gasteiger partial charge in [0.25, 0.3) is 6.47 Å². The molecule has 346 valence electrons. The maximum absolute atomic E-state index is 8.95. The van der Waals surface area contributed by atoms with E-state index >= 15 is 0 Å². The van der Waals surface area contributed by atoms with E-state index in [0.717, 1.165) is 102 Å². The van der Waals surface area contributed by atoms with Gasteiger partial charge in [0.2, 0.25) is 0 Å². The van der Waals surface area contributed by atoms with Crippen molar-refractivity contribution in [3.8, 4) is 22.3 Å². The number of halogens is 4. The van der Waals surface area contributed by atoms with Crippen LogP contribution < -0.4 is 16.9 Å². The summed E-state index contributed by atoms with van der Waals surface area (Å²) >= 11 is 13.3. The Balaban J connectivity index is 0.000000169. The van der Waals surface area contributed by atoms with Gasteiger partial charge in [-0.15, -0.1) is 0 Å². The highest BCUT2D eigenvalue weighted by Gasteiger charge is 2.53. The molecule has 3 aromatic carbocycles.